The Morgan fingerprint density at radius 1 is 1.00 bits per heavy atom. The van der Waals surface area contributed by atoms with E-state index in [1.54, 1.807) is 12.2 Å². The molecule has 3 rings (SSSR count). The predicted octanol–water partition coefficient (Wildman–Crippen LogP) is 2.22. The average Bonchev–Trinajstić information content (AvgIpc) is 2.62. The summed E-state index contributed by atoms with van der Waals surface area (Å²) in [6.45, 7) is 0. The third-order valence-electron chi connectivity index (χ3n) is 2.75. The third-order valence-corrected chi connectivity index (χ3v) is 4.79. The summed E-state index contributed by atoms with van der Waals surface area (Å²) >= 11 is 7.03. The Kier molecular flexibility index (Phi) is 2.26. The van der Waals surface area contributed by atoms with Crippen LogP contribution in [0.25, 0.3) is 11.6 Å². The molecule has 2 aliphatic rings. The Bertz CT molecular complexity index is 693. The minimum Gasteiger partial charge on any atom is -0.290 e. The zero-order chi connectivity index (χ0) is 11.3. The molecule has 0 bridgehead atoms. The molecule has 0 spiro atoms. The molecule has 0 unspecified atom stereocenters. The van der Waals surface area contributed by atoms with Gasteiger partial charge < -0.3 is 0 Å². The standard InChI is InChI=1S/C13H6Br2O/c14-12-4-3-10-9-2-1-8(16)5-7(9)6-11(10)13(12)15/h1-6H. The number of hydrogen-bond acceptors (Lipinski definition) is 1. The van der Waals surface area contributed by atoms with Crippen LogP contribution in [0.3, 0.4) is 0 Å². The van der Waals surface area contributed by atoms with Gasteiger partial charge in [-0.1, -0.05) is 6.07 Å². The number of carbonyl (C=O) groups excluding carboxylic acids is 1. The van der Waals surface area contributed by atoms with E-state index < -0.39 is 0 Å². The maximum Gasteiger partial charge on any atom is 0.179 e. The van der Waals surface area contributed by atoms with Gasteiger partial charge in [0.2, 0.25) is 0 Å². The van der Waals surface area contributed by atoms with Crippen LogP contribution in [0.4, 0.5) is 0 Å². The van der Waals surface area contributed by atoms with Gasteiger partial charge in [0.25, 0.3) is 0 Å². The van der Waals surface area contributed by atoms with Crippen LogP contribution in [-0.2, 0) is 4.79 Å². The van der Waals surface area contributed by atoms with E-state index >= 15 is 0 Å². The van der Waals surface area contributed by atoms with Gasteiger partial charge in [-0.15, -0.1) is 0 Å². The van der Waals surface area contributed by atoms with E-state index in [4.69, 9.17) is 0 Å². The van der Waals surface area contributed by atoms with Crippen molar-refractivity contribution in [1.82, 2.24) is 0 Å². The molecule has 78 valence electrons. The summed E-state index contributed by atoms with van der Waals surface area (Å²) in [6.07, 6.45) is 7.22. The van der Waals surface area contributed by atoms with E-state index in [0.717, 1.165) is 25.3 Å². The Morgan fingerprint density at radius 3 is 2.62 bits per heavy atom. The molecule has 0 aromatic heterocycles. The van der Waals surface area contributed by atoms with Crippen molar-refractivity contribution in [1.29, 1.82) is 0 Å². The maximum atomic E-state index is 11.3. The van der Waals surface area contributed by atoms with E-state index in [0.29, 0.717) is 0 Å². The van der Waals surface area contributed by atoms with E-state index in [-0.39, 0.29) is 5.78 Å². The van der Waals surface area contributed by atoms with Crippen LogP contribution in [0, 0.1) is 0 Å². The fraction of sp³-hybridized carbons (Fsp3) is 0. The second-order valence-electron chi connectivity index (χ2n) is 3.72. The maximum absolute atomic E-state index is 11.3. The molecule has 0 fully saturated rings. The van der Waals surface area contributed by atoms with Crippen LogP contribution < -0.4 is 10.4 Å². The highest BCUT2D eigenvalue weighted by Crippen LogP contribution is 2.24. The summed E-state index contributed by atoms with van der Waals surface area (Å²) in [5.41, 5.74) is 2.13. The molecule has 1 nitrogen and oxygen atoms in total. The first-order valence-electron chi connectivity index (χ1n) is 4.81. The smallest absolute Gasteiger partial charge is 0.179 e. The first kappa shape index (κ1) is 10.2. The largest absolute Gasteiger partial charge is 0.290 e. The van der Waals surface area contributed by atoms with Crippen molar-refractivity contribution in [2.75, 3.05) is 0 Å². The molecule has 2 aliphatic carbocycles. The lowest BCUT2D eigenvalue weighted by atomic mass is 10.0. The van der Waals surface area contributed by atoms with Gasteiger partial charge in [-0.25, -0.2) is 0 Å². The topological polar surface area (TPSA) is 17.1 Å². The van der Waals surface area contributed by atoms with Gasteiger partial charge >= 0.3 is 0 Å². The molecule has 0 N–H and O–H groups in total. The Balaban J connectivity index is 2.47. The number of halogens is 2. The Morgan fingerprint density at radius 2 is 1.81 bits per heavy atom. The fourth-order valence-electron chi connectivity index (χ4n) is 2.00. The normalized spacial score (nSPS) is 16.8. The molecular formula is C13H6Br2O. The summed E-state index contributed by atoms with van der Waals surface area (Å²) < 4.78 is 2.06. The first-order valence-corrected chi connectivity index (χ1v) is 6.39. The van der Waals surface area contributed by atoms with Crippen LogP contribution in [-0.4, -0.2) is 5.78 Å². The summed E-state index contributed by atoms with van der Waals surface area (Å²) in [6, 6.07) is 4.08. The number of rotatable bonds is 0. The van der Waals surface area contributed by atoms with Gasteiger partial charge in [-0.05, 0) is 83.8 Å². The van der Waals surface area contributed by atoms with Crippen molar-refractivity contribution in [2.24, 2.45) is 0 Å². The molecule has 1 aromatic carbocycles. The highest BCUT2D eigenvalue weighted by molar-refractivity contribution is 9.13. The monoisotopic (exact) mass is 336 g/mol. The highest BCUT2D eigenvalue weighted by atomic mass is 79.9. The summed E-state index contributed by atoms with van der Waals surface area (Å²) in [7, 11) is 0. The van der Waals surface area contributed by atoms with Crippen molar-refractivity contribution >= 4 is 49.3 Å². The van der Waals surface area contributed by atoms with Crippen molar-refractivity contribution in [3.8, 4) is 0 Å². The van der Waals surface area contributed by atoms with Gasteiger partial charge in [0.15, 0.2) is 5.78 Å². The molecule has 0 heterocycles. The van der Waals surface area contributed by atoms with E-state index in [2.05, 4.69) is 37.9 Å². The van der Waals surface area contributed by atoms with Crippen molar-refractivity contribution in [3.63, 3.8) is 0 Å². The Hall–Kier alpha value is -0.930. The number of carbonyl (C=O) groups is 1. The first-order chi connectivity index (χ1) is 7.66. The molecule has 0 radical (unpaired) electrons. The van der Waals surface area contributed by atoms with Gasteiger partial charge in [-0.2, -0.15) is 0 Å². The number of allylic oxidation sites excluding steroid dienone is 4. The minimum absolute atomic E-state index is 0.0537. The number of hydrogen-bond donors (Lipinski definition) is 0. The van der Waals surface area contributed by atoms with Gasteiger partial charge in [-0.3, -0.25) is 4.79 Å². The molecule has 0 atom stereocenters. The molecular weight excluding hydrogens is 332 g/mol. The molecule has 0 saturated carbocycles. The van der Waals surface area contributed by atoms with Gasteiger partial charge in [0.1, 0.15) is 0 Å². The van der Waals surface area contributed by atoms with Crippen molar-refractivity contribution in [2.45, 2.75) is 0 Å². The van der Waals surface area contributed by atoms with Crippen LogP contribution in [0.1, 0.15) is 0 Å². The van der Waals surface area contributed by atoms with Gasteiger partial charge in [0.05, 0.1) is 0 Å². The summed E-state index contributed by atoms with van der Waals surface area (Å²) in [5, 5.41) is 2.31. The summed E-state index contributed by atoms with van der Waals surface area (Å²) in [5.74, 6) is 0.0537. The number of fused-ring (bicyclic) bond motifs is 2. The molecule has 3 heteroatoms. The Labute approximate surface area is 109 Å². The fourth-order valence-corrected chi connectivity index (χ4v) is 2.81. The lowest BCUT2D eigenvalue weighted by molar-refractivity contribution is -0.110. The SMILES string of the molecule is O=C1C=CC2=c3ccc(Br)c(Br)c3=CC2=C1. The molecule has 0 saturated heterocycles. The number of benzene rings is 1. The molecule has 0 amide bonds. The molecule has 0 aliphatic heterocycles. The van der Waals surface area contributed by atoms with Crippen LogP contribution in [0.15, 0.2) is 44.9 Å². The average molecular weight is 338 g/mol. The highest BCUT2D eigenvalue weighted by Gasteiger charge is 2.15. The summed E-state index contributed by atoms with van der Waals surface area (Å²) in [4.78, 5) is 11.3. The van der Waals surface area contributed by atoms with Crippen LogP contribution in [0.2, 0.25) is 0 Å². The lowest BCUT2D eigenvalue weighted by Crippen LogP contribution is -2.24. The van der Waals surface area contributed by atoms with Crippen molar-refractivity contribution < 1.29 is 4.79 Å². The lowest BCUT2D eigenvalue weighted by Gasteiger charge is -2.02. The van der Waals surface area contributed by atoms with Crippen molar-refractivity contribution in [3.05, 3.63) is 55.3 Å². The van der Waals surface area contributed by atoms with E-state index in [9.17, 15) is 4.79 Å². The van der Waals surface area contributed by atoms with E-state index in [1.165, 1.54) is 5.22 Å². The number of ketones is 1. The predicted molar refractivity (Wildman–Crippen MR) is 71.2 cm³/mol. The minimum atomic E-state index is 0.0537. The third kappa shape index (κ3) is 1.39. The second kappa shape index (κ2) is 3.54. The zero-order valence-corrected chi connectivity index (χ0v) is 11.3. The van der Waals surface area contributed by atoms with Crippen LogP contribution >= 0.6 is 31.9 Å². The van der Waals surface area contributed by atoms with Crippen LogP contribution in [0.5, 0.6) is 0 Å². The quantitative estimate of drug-likeness (QED) is 0.709. The zero-order valence-electron chi connectivity index (χ0n) is 8.13. The molecule has 1 aromatic rings. The van der Waals surface area contributed by atoms with E-state index in [1.807, 2.05) is 18.2 Å². The second-order valence-corrected chi connectivity index (χ2v) is 5.36. The van der Waals surface area contributed by atoms with Gasteiger partial charge in [0, 0.05) is 8.95 Å². The molecule has 16 heavy (non-hydrogen) atoms.